The molecule has 0 heterocycles. The molecule has 0 spiro atoms. The zero-order valence-corrected chi connectivity index (χ0v) is 8.98. The highest BCUT2D eigenvalue weighted by Gasteiger charge is 2.13. The van der Waals surface area contributed by atoms with E-state index in [0.717, 1.165) is 5.92 Å². The monoisotopic (exact) mass is 173 g/mol. The van der Waals surface area contributed by atoms with Gasteiger partial charge in [-0.05, 0) is 25.0 Å². The van der Waals surface area contributed by atoms with Crippen LogP contribution in [0.2, 0.25) is 0 Å². The summed E-state index contributed by atoms with van der Waals surface area (Å²) in [6.07, 6.45) is 2.04. The molecule has 0 aliphatic carbocycles. The molecular formula is C9H19NS. The fraction of sp³-hybridized carbons (Fsp3) is 0.889. The maximum Gasteiger partial charge on any atom is 0.0541 e. The molecule has 0 aliphatic heterocycles. The summed E-state index contributed by atoms with van der Waals surface area (Å²) in [4.78, 5) is 4.40. The summed E-state index contributed by atoms with van der Waals surface area (Å²) in [7, 11) is 0. The summed E-state index contributed by atoms with van der Waals surface area (Å²) in [5.41, 5.74) is 1.93. The van der Waals surface area contributed by atoms with E-state index in [1.54, 1.807) is 11.8 Å². The topological polar surface area (TPSA) is 12.4 Å². The van der Waals surface area contributed by atoms with Crippen molar-refractivity contribution in [3.8, 4) is 0 Å². The average molecular weight is 173 g/mol. The van der Waals surface area contributed by atoms with E-state index in [0.29, 0.717) is 12.0 Å². The summed E-state index contributed by atoms with van der Waals surface area (Å²) in [5, 5.41) is 0. The summed E-state index contributed by atoms with van der Waals surface area (Å²) in [6.45, 7) is 8.93. The first kappa shape index (κ1) is 11.0. The minimum Gasteiger partial charge on any atom is -0.283 e. The lowest BCUT2D eigenvalue weighted by molar-refractivity contribution is 0.365. The second-order valence-corrected chi connectivity index (χ2v) is 4.02. The number of hydrogen-bond acceptors (Lipinski definition) is 2. The Kier molecular flexibility index (Phi) is 5.65. The Morgan fingerprint density at radius 1 is 1.18 bits per heavy atom. The quantitative estimate of drug-likeness (QED) is 0.470. The molecule has 1 unspecified atom stereocenters. The van der Waals surface area contributed by atoms with E-state index in [9.17, 15) is 0 Å². The third kappa shape index (κ3) is 4.46. The van der Waals surface area contributed by atoms with Crippen LogP contribution in [0, 0.1) is 11.8 Å². The van der Waals surface area contributed by atoms with Gasteiger partial charge in [-0.3, -0.25) is 4.99 Å². The Bertz CT molecular complexity index is 121. The van der Waals surface area contributed by atoms with Gasteiger partial charge in [0.25, 0.3) is 0 Å². The van der Waals surface area contributed by atoms with Crippen molar-refractivity contribution in [2.24, 2.45) is 16.8 Å². The Morgan fingerprint density at radius 2 is 1.73 bits per heavy atom. The second kappa shape index (κ2) is 5.64. The first-order valence-corrected chi connectivity index (χ1v) is 5.42. The zero-order valence-electron chi connectivity index (χ0n) is 8.16. The van der Waals surface area contributed by atoms with Gasteiger partial charge in [0.05, 0.1) is 11.6 Å². The SMILES string of the molecule is CSC=NC(C)[C@@H](C)C(C)C. The smallest absolute Gasteiger partial charge is 0.0541 e. The number of aliphatic imine (C=N–C) groups is 1. The molecule has 0 saturated carbocycles. The van der Waals surface area contributed by atoms with E-state index in [4.69, 9.17) is 0 Å². The molecule has 2 atom stereocenters. The predicted molar refractivity (Wildman–Crippen MR) is 55.5 cm³/mol. The number of nitrogens with zero attached hydrogens (tertiary/aromatic N) is 1. The van der Waals surface area contributed by atoms with Gasteiger partial charge in [0.2, 0.25) is 0 Å². The van der Waals surface area contributed by atoms with Crippen molar-refractivity contribution in [3.63, 3.8) is 0 Å². The second-order valence-electron chi connectivity index (χ2n) is 3.33. The van der Waals surface area contributed by atoms with Gasteiger partial charge in [0.1, 0.15) is 0 Å². The third-order valence-corrected chi connectivity index (χ3v) is 2.55. The molecule has 0 aliphatic rings. The molecule has 0 amide bonds. The highest BCUT2D eigenvalue weighted by Crippen LogP contribution is 2.16. The van der Waals surface area contributed by atoms with Gasteiger partial charge in [-0.15, -0.1) is 11.8 Å². The largest absolute Gasteiger partial charge is 0.283 e. The standard InChI is InChI=1S/C9H19NS/c1-7(2)8(3)9(4)10-6-11-5/h6-9H,1-5H3/t8-,9?/m0/s1. The summed E-state index contributed by atoms with van der Waals surface area (Å²) in [5.74, 6) is 1.41. The molecule has 11 heavy (non-hydrogen) atoms. The van der Waals surface area contributed by atoms with Crippen LogP contribution in [0.15, 0.2) is 4.99 Å². The molecule has 0 radical (unpaired) electrons. The van der Waals surface area contributed by atoms with Gasteiger partial charge in [-0.1, -0.05) is 20.8 Å². The molecule has 0 aromatic rings. The van der Waals surface area contributed by atoms with Crippen molar-refractivity contribution in [1.82, 2.24) is 0 Å². The Balaban J connectivity index is 3.81. The van der Waals surface area contributed by atoms with Gasteiger partial charge < -0.3 is 0 Å². The van der Waals surface area contributed by atoms with Crippen LogP contribution in [0.25, 0.3) is 0 Å². The van der Waals surface area contributed by atoms with Crippen molar-refractivity contribution >= 4 is 17.3 Å². The highest BCUT2D eigenvalue weighted by molar-refractivity contribution is 8.11. The molecular weight excluding hydrogens is 154 g/mol. The van der Waals surface area contributed by atoms with Crippen LogP contribution in [0.5, 0.6) is 0 Å². The lowest BCUT2D eigenvalue weighted by Gasteiger charge is -2.19. The van der Waals surface area contributed by atoms with Crippen molar-refractivity contribution in [2.45, 2.75) is 33.7 Å². The highest BCUT2D eigenvalue weighted by atomic mass is 32.2. The lowest BCUT2D eigenvalue weighted by Crippen LogP contribution is -2.17. The van der Waals surface area contributed by atoms with Crippen LogP contribution < -0.4 is 0 Å². The zero-order chi connectivity index (χ0) is 8.85. The molecule has 2 heteroatoms. The van der Waals surface area contributed by atoms with Crippen molar-refractivity contribution < 1.29 is 0 Å². The molecule has 0 rings (SSSR count). The van der Waals surface area contributed by atoms with Crippen molar-refractivity contribution in [1.29, 1.82) is 0 Å². The molecule has 0 saturated heterocycles. The van der Waals surface area contributed by atoms with Crippen LogP contribution in [0.3, 0.4) is 0 Å². The van der Waals surface area contributed by atoms with E-state index in [1.807, 2.05) is 11.8 Å². The molecule has 0 aromatic heterocycles. The fourth-order valence-electron chi connectivity index (χ4n) is 0.850. The van der Waals surface area contributed by atoms with Gasteiger partial charge in [0.15, 0.2) is 0 Å². The van der Waals surface area contributed by atoms with E-state index in [2.05, 4.69) is 32.7 Å². The number of thioether (sulfide) groups is 1. The van der Waals surface area contributed by atoms with Crippen molar-refractivity contribution in [3.05, 3.63) is 0 Å². The Morgan fingerprint density at radius 3 is 2.09 bits per heavy atom. The van der Waals surface area contributed by atoms with Crippen LogP contribution in [-0.2, 0) is 0 Å². The number of hydrogen-bond donors (Lipinski definition) is 0. The maximum absolute atomic E-state index is 4.40. The predicted octanol–water partition coefficient (Wildman–Crippen LogP) is 3.06. The normalized spacial score (nSPS) is 17.6. The van der Waals surface area contributed by atoms with Gasteiger partial charge in [-0.2, -0.15) is 0 Å². The van der Waals surface area contributed by atoms with Gasteiger partial charge in [-0.25, -0.2) is 0 Å². The van der Waals surface area contributed by atoms with E-state index in [-0.39, 0.29) is 0 Å². The maximum atomic E-state index is 4.40. The summed E-state index contributed by atoms with van der Waals surface area (Å²) >= 11 is 1.67. The summed E-state index contributed by atoms with van der Waals surface area (Å²) in [6, 6.07) is 0.461. The first-order valence-electron chi connectivity index (χ1n) is 4.14. The minimum absolute atomic E-state index is 0.461. The minimum atomic E-state index is 0.461. The van der Waals surface area contributed by atoms with Crippen LogP contribution >= 0.6 is 11.8 Å². The molecule has 0 N–H and O–H groups in total. The Hall–Kier alpha value is 0.0200. The van der Waals surface area contributed by atoms with Gasteiger partial charge >= 0.3 is 0 Å². The first-order chi connectivity index (χ1) is 5.09. The van der Waals surface area contributed by atoms with Gasteiger partial charge in [0, 0.05) is 0 Å². The molecule has 66 valence electrons. The molecule has 0 aromatic carbocycles. The Labute approximate surface area is 74.7 Å². The fourth-order valence-corrected chi connectivity index (χ4v) is 1.16. The third-order valence-electron chi connectivity index (χ3n) is 2.21. The molecule has 0 bridgehead atoms. The lowest BCUT2D eigenvalue weighted by atomic mass is 9.92. The van der Waals surface area contributed by atoms with Crippen LogP contribution in [0.4, 0.5) is 0 Å². The number of rotatable bonds is 4. The van der Waals surface area contributed by atoms with E-state index in [1.165, 1.54) is 0 Å². The molecule has 1 nitrogen and oxygen atoms in total. The van der Waals surface area contributed by atoms with Crippen LogP contribution in [0.1, 0.15) is 27.7 Å². The van der Waals surface area contributed by atoms with E-state index < -0.39 is 0 Å². The molecule has 0 fully saturated rings. The summed E-state index contributed by atoms with van der Waals surface area (Å²) < 4.78 is 0. The average Bonchev–Trinajstić information content (AvgIpc) is 1.98. The van der Waals surface area contributed by atoms with E-state index >= 15 is 0 Å². The van der Waals surface area contributed by atoms with Crippen molar-refractivity contribution in [2.75, 3.05) is 6.26 Å². The van der Waals surface area contributed by atoms with Crippen LogP contribution in [-0.4, -0.2) is 17.8 Å².